The predicted molar refractivity (Wildman–Crippen MR) is 94.2 cm³/mol. The molecule has 1 amide bonds. The lowest BCUT2D eigenvalue weighted by molar-refractivity contribution is -0.132. The molecular weight excluding hydrogens is 303 g/mol. The van der Waals surface area contributed by atoms with Crippen LogP contribution in [0.5, 0.6) is 0 Å². The van der Waals surface area contributed by atoms with Gasteiger partial charge in [-0.05, 0) is 75.1 Å². The van der Waals surface area contributed by atoms with Gasteiger partial charge >= 0.3 is 0 Å². The van der Waals surface area contributed by atoms with Crippen LogP contribution in [0.2, 0.25) is 0 Å². The third-order valence-corrected chi connectivity index (χ3v) is 5.66. The maximum atomic E-state index is 13.8. The Kier molecular flexibility index (Phi) is 6.24. The Balaban J connectivity index is 1.39. The van der Waals surface area contributed by atoms with Gasteiger partial charge in [-0.3, -0.25) is 4.79 Å². The Labute approximate surface area is 144 Å². The van der Waals surface area contributed by atoms with Gasteiger partial charge in [0.1, 0.15) is 5.82 Å². The van der Waals surface area contributed by atoms with Gasteiger partial charge in [0.25, 0.3) is 0 Å². The van der Waals surface area contributed by atoms with Crippen LogP contribution in [0.15, 0.2) is 24.3 Å². The van der Waals surface area contributed by atoms with Gasteiger partial charge < -0.3 is 10.2 Å². The zero-order valence-corrected chi connectivity index (χ0v) is 14.5. The van der Waals surface area contributed by atoms with Crippen molar-refractivity contribution < 1.29 is 9.18 Å². The van der Waals surface area contributed by atoms with E-state index in [1.807, 2.05) is 17.0 Å². The van der Waals surface area contributed by atoms with E-state index in [9.17, 15) is 9.18 Å². The Hall–Kier alpha value is -1.42. The second-order valence-corrected chi connectivity index (χ2v) is 7.35. The summed E-state index contributed by atoms with van der Waals surface area (Å²) in [5, 5.41) is 3.37. The highest BCUT2D eigenvalue weighted by atomic mass is 19.1. The number of likely N-dealkylation sites (tertiary alicyclic amines) is 1. The first-order chi connectivity index (χ1) is 11.7. The number of amides is 1. The van der Waals surface area contributed by atoms with Crippen molar-refractivity contribution in [2.75, 3.05) is 26.2 Å². The lowest BCUT2D eigenvalue weighted by Crippen LogP contribution is -2.39. The number of carbonyl (C=O) groups is 1. The molecule has 0 aliphatic carbocycles. The van der Waals surface area contributed by atoms with E-state index in [1.54, 1.807) is 6.07 Å². The highest BCUT2D eigenvalue weighted by Crippen LogP contribution is 2.24. The minimum Gasteiger partial charge on any atom is -0.343 e. The van der Waals surface area contributed by atoms with Crippen molar-refractivity contribution in [1.29, 1.82) is 0 Å². The number of nitrogens with one attached hydrogen (secondary N) is 1. The van der Waals surface area contributed by atoms with Crippen molar-refractivity contribution in [2.24, 2.45) is 11.8 Å². The summed E-state index contributed by atoms with van der Waals surface area (Å²) in [4.78, 5) is 14.4. The number of hydrogen-bond donors (Lipinski definition) is 1. The number of piperidine rings is 2. The van der Waals surface area contributed by atoms with Crippen molar-refractivity contribution in [3.63, 3.8) is 0 Å². The summed E-state index contributed by atoms with van der Waals surface area (Å²) in [7, 11) is 0. The van der Waals surface area contributed by atoms with Gasteiger partial charge in [-0.15, -0.1) is 0 Å². The lowest BCUT2D eigenvalue weighted by Gasteiger charge is -2.33. The molecule has 2 aliphatic heterocycles. The fourth-order valence-electron chi connectivity index (χ4n) is 4.02. The summed E-state index contributed by atoms with van der Waals surface area (Å²) < 4.78 is 13.8. The molecule has 0 aromatic heterocycles. The molecule has 0 spiro atoms. The second kappa shape index (κ2) is 8.61. The minimum absolute atomic E-state index is 0.0991. The van der Waals surface area contributed by atoms with E-state index in [0.717, 1.165) is 57.4 Å². The highest BCUT2D eigenvalue weighted by Gasteiger charge is 2.24. The van der Waals surface area contributed by atoms with Crippen molar-refractivity contribution in [3.05, 3.63) is 35.6 Å². The monoisotopic (exact) mass is 332 g/mol. The summed E-state index contributed by atoms with van der Waals surface area (Å²) in [5.74, 6) is 1.43. The first-order valence-corrected chi connectivity index (χ1v) is 9.44. The molecule has 0 saturated carbocycles. The number of halogens is 1. The SMILES string of the molecule is O=C(CCC1CCNCC1)N1CCC(Cc2ccccc2F)CC1. The van der Waals surface area contributed by atoms with Crippen molar-refractivity contribution >= 4 is 5.91 Å². The molecule has 2 aliphatic rings. The number of rotatable bonds is 5. The molecule has 2 saturated heterocycles. The van der Waals surface area contributed by atoms with Crippen molar-refractivity contribution in [1.82, 2.24) is 10.2 Å². The van der Waals surface area contributed by atoms with Gasteiger partial charge in [-0.1, -0.05) is 18.2 Å². The Bertz CT molecular complexity index is 534. The molecule has 3 rings (SSSR count). The third-order valence-electron chi connectivity index (χ3n) is 5.66. The van der Waals surface area contributed by atoms with Crippen molar-refractivity contribution in [3.8, 4) is 0 Å². The van der Waals surface area contributed by atoms with Crippen molar-refractivity contribution in [2.45, 2.75) is 44.9 Å². The summed E-state index contributed by atoms with van der Waals surface area (Å²) in [6.45, 7) is 3.87. The number of hydrogen-bond acceptors (Lipinski definition) is 2. The van der Waals surface area contributed by atoms with Crippen LogP contribution in [0, 0.1) is 17.7 Å². The predicted octanol–water partition coefficient (Wildman–Crippen LogP) is 3.39. The smallest absolute Gasteiger partial charge is 0.222 e. The zero-order chi connectivity index (χ0) is 16.8. The van der Waals surface area contributed by atoms with Gasteiger partial charge in [0.2, 0.25) is 5.91 Å². The normalized spacial score (nSPS) is 20.3. The number of carbonyl (C=O) groups excluding carboxylic acids is 1. The third kappa shape index (κ3) is 4.79. The first-order valence-electron chi connectivity index (χ1n) is 9.44. The molecule has 3 nitrogen and oxygen atoms in total. The van der Waals surface area contributed by atoms with Gasteiger partial charge in [0, 0.05) is 19.5 Å². The van der Waals surface area contributed by atoms with Crippen LogP contribution in [0.25, 0.3) is 0 Å². The fourth-order valence-corrected chi connectivity index (χ4v) is 4.02. The quantitative estimate of drug-likeness (QED) is 0.896. The molecule has 0 unspecified atom stereocenters. The maximum absolute atomic E-state index is 13.8. The summed E-state index contributed by atoms with van der Waals surface area (Å²) in [6.07, 6.45) is 6.93. The standard InChI is InChI=1S/C20H29FN2O/c21-19-4-2-1-3-18(19)15-17-9-13-23(14-10-17)20(24)6-5-16-7-11-22-12-8-16/h1-4,16-17,22H,5-15H2. The molecule has 2 fully saturated rings. The zero-order valence-electron chi connectivity index (χ0n) is 14.5. The summed E-state index contributed by atoms with van der Waals surface area (Å²) >= 11 is 0. The molecule has 24 heavy (non-hydrogen) atoms. The van der Waals surface area contributed by atoms with E-state index in [1.165, 1.54) is 18.9 Å². The largest absolute Gasteiger partial charge is 0.343 e. The molecule has 1 N–H and O–H groups in total. The van der Waals surface area contributed by atoms with E-state index in [4.69, 9.17) is 0 Å². The van der Waals surface area contributed by atoms with E-state index in [-0.39, 0.29) is 5.82 Å². The molecule has 132 valence electrons. The van der Waals surface area contributed by atoms with Crippen LogP contribution < -0.4 is 5.32 Å². The molecule has 0 bridgehead atoms. The Morgan fingerprint density at radius 1 is 1.08 bits per heavy atom. The average Bonchev–Trinajstić information content (AvgIpc) is 2.63. The average molecular weight is 332 g/mol. The van der Waals surface area contributed by atoms with Gasteiger partial charge in [-0.2, -0.15) is 0 Å². The first kappa shape index (κ1) is 17.4. The fraction of sp³-hybridized carbons (Fsp3) is 0.650. The topological polar surface area (TPSA) is 32.3 Å². The van der Waals surface area contributed by atoms with E-state index < -0.39 is 0 Å². The second-order valence-electron chi connectivity index (χ2n) is 7.35. The summed E-state index contributed by atoms with van der Waals surface area (Å²) in [6, 6.07) is 7.06. The molecule has 0 radical (unpaired) electrons. The lowest BCUT2D eigenvalue weighted by atomic mass is 9.89. The van der Waals surface area contributed by atoms with E-state index in [2.05, 4.69) is 5.32 Å². The van der Waals surface area contributed by atoms with Crippen LogP contribution in [0.1, 0.15) is 44.1 Å². The Morgan fingerprint density at radius 2 is 1.79 bits per heavy atom. The molecule has 0 atom stereocenters. The van der Waals surface area contributed by atoms with Gasteiger partial charge in [0.05, 0.1) is 0 Å². The minimum atomic E-state index is -0.0991. The van der Waals surface area contributed by atoms with Crippen LogP contribution >= 0.6 is 0 Å². The molecule has 2 heterocycles. The van der Waals surface area contributed by atoms with Crippen LogP contribution in [0.4, 0.5) is 4.39 Å². The van der Waals surface area contributed by atoms with Crippen LogP contribution in [0.3, 0.4) is 0 Å². The van der Waals surface area contributed by atoms with Gasteiger partial charge in [0.15, 0.2) is 0 Å². The molecule has 1 aromatic carbocycles. The van der Waals surface area contributed by atoms with Crippen LogP contribution in [-0.2, 0) is 11.2 Å². The molecule has 1 aromatic rings. The summed E-state index contributed by atoms with van der Waals surface area (Å²) in [5.41, 5.74) is 0.813. The van der Waals surface area contributed by atoms with E-state index >= 15 is 0 Å². The molecule has 4 heteroatoms. The highest BCUT2D eigenvalue weighted by molar-refractivity contribution is 5.76. The number of benzene rings is 1. The number of nitrogens with zero attached hydrogens (tertiary/aromatic N) is 1. The maximum Gasteiger partial charge on any atom is 0.222 e. The van der Waals surface area contributed by atoms with E-state index in [0.29, 0.717) is 24.2 Å². The Morgan fingerprint density at radius 3 is 2.50 bits per heavy atom. The van der Waals surface area contributed by atoms with Crippen LogP contribution in [-0.4, -0.2) is 37.0 Å². The van der Waals surface area contributed by atoms with Gasteiger partial charge in [-0.25, -0.2) is 4.39 Å². The molecular formula is C20H29FN2O.